The normalized spacial score (nSPS) is 10.5. The molecule has 3 nitrogen and oxygen atoms in total. The maximum Gasteiger partial charge on any atom is 0.308 e. The Hall–Kier alpha value is -1.42. The van der Waals surface area contributed by atoms with Gasteiger partial charge in [0.1, 0.15) is 5.76 Å². The lowest BCUT2D eigenvalue weighted by Crippen LogP contribution is -1.98. The van der Waals surface area contributed by atoms with Crippen LogP contribution in [0.15, 0.2) is 35.6 Å². The Morgan fingerprint density at radius 1 is 1.12 bits per heavy atom. The van der Waals surface area contributed by atoms with Crippen LogP contribution in [0.5, 0.6) is 0 Å². The van der Waals surface area contributed by atoms with Crippen LogP contribution in [0.2, 0.25) is 0 Å². The lowest BCUT2D eigenvalue weighted by atomic mass is 10.2. The molecule has 0 fully saturated rings. The minimum Gasteiger partial charge on any atom is -0.487 e. The van der Waals surface area contributed by atoms with Gasteiger partial charge in [0.25, 0.3) is 0 Å². The van der Waals surface area contributed by atoms with Crippen LogP contribution in [0, 0.1) is 0 Å². The van der Waals surface area contributed by atoms with E-state index in [4.69, 9.17) is 21.7 Å². The van der Waals surface area contributed by atoms with Crippen molar-refractivity contribution in [1.82, 2.24) is 0 Å². The second-order valence-electron chi connectivity index (χ2n) is 3.20. The molecule has 0 aromatic heterocycles. The molecule has 0 bridgehead atoms. The number of methoxy groups -OCH3 is 1. The van der Waals surface area contributed by atoms with Crippen LogP contribution < -0.4 is 0 Å². The molecule has 0 aliphatic heterocycles. The first-order valence-corrected chi connectivity index (χ1v) is 5.16. The van der Waals surface area contributed by atoms with E-state index in [1.165, 1.54) is 14.0 Å². The average molecular weight is 240 g/mol. The molecule has 0 aromatic rings. The van der Waals surface area contributed by atoms with Crippen molar-refractivity contribution in [3.63, 3.8) is 0 Å². The third-order valence-corrected chi connectivity index (χ3v) is 1.84. The number of rotatable bonds is 4. The van der Waals surface area contributed by atoms with Crippen molar-refractivity contribution in [2.24, 2.45) is 0 Å². The topological polar surface area (TPSA) is 35.5 Å². The lowest BCUT2D eigenvalue weighted by Gasteiger charge is -2.03. The number of carbonyl (C=O) groups is 1. The molecular formula is C12H16O3S. The Morgan fingerprint density at radius 3 is 2.12 bits per heavy atom. The van der Waals surface area contributed by atoms with Gasteiger partial charge < -0.3 is 9.47 Å². The number of hydrogen-bond donors (Lipinski definition) is 0. The van der Waals surface area contributed by atoms with E-state index in [1.807, 2.05) is 13.8 Å². The lowest BCUT2D eigenvalue weighted by molar-refractivity contribution is -0.136. The van der Waals surface area contributed by atoms with Crippen LogP contribution in [0.4, 0.5) is 0 Å². The molecule has 0 atom stereocenters. The van der Waals surface area contributed by atoms with Crippen molar-refractivity contribution in [1.29, 1.82) is 0 Å². The predicted molar refractivity (Wildman–Crippen MR) is 68.0 cm³/mol. The Bertz CT molecular complexity index is 347. The van der Waals surface area contributed by atoms with Crippen molar-refractivity contribution >= 4 is 23.2 Å². The Labute approximate surface area is 101 Å². The highest BCUT2D eigenvalue weighted by molar-refractivity contribution is 7.80. The molecule has 0 amide bonds. The van der Waals surface area contributed by atoms with Crippen molar-refractivity contribution < 1.29 is 14.3 Å². The number of allylic oxidation sites excluding steroid dienone is 4. The largest absolute Gasteiger partial charge is 0.487 e. The SMILES string of the molecule is COC(=S)/C=C/C=C/C(OC(C)=O)=C(C)C. The summed E-state index contributed by atoms with van der Waals surface area (Å²) in [6.45, 7) is 5.10. The Kier molecular flexibility index (Phi) is 7.12. The van der Waals surface area contributed by atoms with E-state index in [-0.39, 0.29) is 5.97 Å². The summed E-state index contributed by atoms with van der Waals surface area (Å²) in [5.41, 5.74) is 0.925. The van der Waals surface area contributed by atoms with Crippen molar-refractivity contribution in [3.05, 3.63) is 35.6 Å². The van der Waals surface area contributed by atoms with Crippen molar-refractivity contribution in [2.75, 3.05) is 7.11 Å². The standard InChI is InChI=1S/C12H16O3S/c1-9(2)11(15-10(3)13)7-5-6-8-12(16)14-4/h5-8H,1-4H3/b7-5+,8-6+. The van der Waals surface area contributed by atoms with Gasteiger partial charge in [0.2, 0.25) is 0 Å². The van der Waals surface area contributed by atoms with Crippen LogP contribution in [-0.2, 0) is 14.3 Å². The fourth-order valence-electron chi connectivity index (χ4n) is 0.803. The molecule has 0 aliphatic carbocycles. The summed E-state index contributed by atoms with van der Waals surface area (Å²) in [7, 11) is 1.51. The zero-order valence-electron chi connectivity index (χ0n) is 9.94. The van der Waals surface area contributed by atoms with Crippen LogP contribution in [0.25, 0.3) is 0 Å². The van der Waals surface area contributed by atoms with E-state index in [0.29, 0.717) is 10.8 Å². The van der Waals surface area contributed by atoms with Gasteiger partial charge in [0, 0.05) is 6.92 Å². The summed E-state index contributed by atoms with van der Waals surface area (Å²) < 4.78 is 9.78. The molecule has 16 heavy (non-hydrogen) atoms. The summed E-state index contributed by atoms with van der Waals surface area (Å²) in [6.07, 6.45) is 6.79. The van der Waals surface area contributed by atoms with Crippen LogP contribution in [0.1, 0.15) is 20.8 Å². The molecule has 0 spiro atoms. The number of thiocarbonyl (C=S) groups is 1. The number of hydrogen-bond acceptors (Lipinski definition) is 4. The summed E-state index contributed by atoms with van der Waals surface area (Å²) in [5, 5.41) is 0.399. The highest BCUT2D eigenvalue weighted by Crippen LogP contribution is 2.07. The van der Waals surface area contributed by atoms with Gasteiger partial charge in [-0.2, -0.15) is 0 Å². The van der Waals surface area contributed by atoms with Crippen LogP contribution >= 0.6 is 12.2 Å². The van der Waals surface area contributed by atoms with Gasteiger partial charge in [-0.15, -0.1) is 0 Å². The highest BCUT2D eigenvalue weighted by Gasteiger charge is 1.99. The third-order valence-electron chi connectivity index (χ3n) is 1.54. The summed E-state index contributed by atoms with van der Waals surface area (Å²) >= 11 is 4.82. The molecule has 0 rings (SSSR count). The molecular weight excluding hydrogens is 224 g/mol. The predicted octanol–water partition coefficient (Wildman–Crippen LogP) is 2.93. The fraction of sp³-hybridized carbons (Fsp3) is 0.333. The average Bonchev–Trinajstić information content (AvgIpc) is 2.21. The number of ether oxygens (including phenoxy) is 2. The Morgan fingerprint density at radius 2 is 1.69 bits per heavy atom. The molecule has 0 radical (unpaired) electrons. The monoisotopic (exact) mass is 240 g/mol. The van der Waals surface area contributed by atoms with E-state index >= 15 is 0 Å². The van der Waals surface area contributed by atoms with E-state index in [0.717, 1.165) is 5.57 Å². The Balaban J connectivity index is 4.49. The smallest absolute Gasteiger partial charge is 0.308 e. The van der Waals surface area contributed by atoms with E-state index in [1.54, 1.807) is 24.3 Å². The van der Waals surface area contributed by atoms with Gasteiger partial charge in [-0.1, -0.05) is 12.2 Å². The minimum absolute atomic E-state index is 0.336. The minimum atomic E-state index is -0.336. The summed E-state index contributed by atoms with van der Waals surface area (Å²) in [4.78, 5) is 10.8. The first-order valence-electron chi connectivity index (χ1n) is 4.76. The molecule has 0 heterocycles. The molecule has 0 N–H and O–H groups in total. The zero-order valence-corrected chi connectivity index (χ0v) is 10.8. The molecule has 0 saturated carbocycles. The van der Waals surface area contributed by atoms with E-state index < -0.39 is 0 Å². The first kappa shape index (κ1) is 14.6. The van der Waals surface area contributed by atoms with Gasteiger partial charge in [-0.25, -0.2) is 0 Å². The third kappa shape index (κ3) is 6.95. The van der Waals surface area contributed by atoms with Gasteiger partial charge in [-0.3, -0.25) is 4.79 Å². The highest BCUT2D eigenvalue weighted by atomic mass is 32.1. The van der Waals surface area contributed by atoms with Gasteiger partial charge in [0.05, 0.1) is 7.11 Å². The maximum absolute atomic E-state index is 10.8. The van der Waals surface area contributed by atoms with E-state index in [9.17, 15) is 4.79 Å². The first-order chi connectivity index (χ1) is 7.47. The van der Waals surface area contributed by atoms with Crippen molar-refractivity contribution in [2.45, 2.75) is 20.8 Å². The van der Waals surface area contributed by atoms with Gasteiger partial charge in [-0.05, 0) is 43.8 Å². The summed E-state index contributed by atoms with van der Waals surface area (Å²) in [6, 6.07) is 0. The molecule has 88 valence electrons. The van der Waals surface area contributed by atoms with Gasteiger partial charge >= 0.3 is 5.97 Å². The molecule has 0 saturated heterocycles. The number of esters is 1. The molecule has 0 unspecified atom stereocenters. The summed E-state index contributed by atoms with van der Waals surface area (Å²) in [5.74, 6) is 0.206. The second-order valence-corrected chi connectivity index (χ2v) is 3.60. The zero-order chi connectivity index (χ0) is 12.6. The van der Waals surface area contributed by atoms with Crippen LogP contribution in [-0.4, -0.2) is 18.1 Å². The van der Waals surface area contributed by atoms with Crippen molar-refractivity contribution in [3.8, 4) is 0 Å². The molecule has 0 aliphatic rings. The van der Waals surface area contributed by atoms with E-state index in [2.05, 4.69) is 0 Å². The second kappa shape index (κ2) is 7.82. The maximum atomic E-state index is 10.8. The molecule has 0 aromatic carbocycles. The number of carbonyl (C=O) groups excluding carboxylic acids is 1. The van der Waals surface area contributed by atoms with Gasteiger partial charge in [0.15, 0.2) is 5.05 Å². The van der Waals surface area contributed by atoms with Crippen LogP contribution in [0.3, 0.4) is 0 Å². The molecule has 4 heteroatoms. The fourth-order valence-corrected chi connectivity index (χ4v) is 0.881. The quantitative estimate of drug-likeness (QED) is 0.249.